The van der Waals surface area contributed by atoms with Gasteiger partial charge in [-0.05, 0) is 39.5 Å². The summed E-state index contributed by atoms with van der Waals surface area (Å²) in [6.07, 6.45) is 0. The van der Waals surface area contributed by atoms with E-state index in [4.69, 9.17) is 34.8 Å². The minimum absolute atomic E-state index is 0.0526. The van der Waals surface area contributed by atoms with Crippen LogP contribution in [0.2, 0.25) is 15.1 Å². The number of sulfonamides is 1. The van der Waals surface area contributed by atoms with E-state index < -0.39 is 10.0 Å². The molecule has 3 aromatic rings. The van der Waals surface area contributed by atoms with E-state index in [-0.39, 0.29) is 20.1 Å². The second-order valence-electron chi connectivity index (χ2n) is 4.44. The first-order valence-corrected chi connectivity index (χ1v) is 11.3. The van der Waals surface area contributed by atoms with Crippen molar-refractivity contribution in [2.45, 2.75) is 4.90 Å². The molecule has 0 bridgehead atoms. The number of anilines is 1. The van der Waals surface area contributed by atoms with E-state index in [1.165, 1.54) is 23.5 Å². The quantitative estimate of drug-likeness (QED) is 0.419. The molecular weight excluding hydrogens is 499 g/mol. The van der Waals surface area contributed by atoms with Crippen LogP contribution in [0.25, 0.3) is 10.6 Å². The zero-order chi connectivity index (χ0) is 17.5. The van der Waals surface area contributed by atoms with Crippen LogP contribution in [0, 0.1) is 0 Å². The van der Waals surface area contributed by atoms with E-state index >= 15 is 0 Å². The molecule has 0 spiro atoms. The van der Waals surface area contributed by atoms with E-state index in [1.807, 2.05) is 5.38 Å². The highest BCUT2D eigenvalue weighted by Crippen LogP contribution is 2.36. The van der Waals surface area contributed by atoms with E-state index in [9.17, 15) is 8.42 Å². The van der Waals surface area contributed by atoms with E-state index in [1.54, 1.807) is 11.4 Å². The lowest BCUT2D eigenvalue weighted by atomic mass is 10.4. The SMILES string of the molecule is O=S(=O)(Nc1nc(-c2sccc2Cl)cs1)c1cc(Cl)c(Br)cc1Cl. The van der Waals surface area contributed by atoms with Crippen LogP contribution in [0.15, 0.2) is 38.3 Å². The van der Waals surface area contributed by atoms with Crippen molar-refractivity contribution in [3.63, 3.8) is 0 Å². The van der Waals surface area contributed by atoms with Crippen LogP contribution in [0.5, 0.6) is 0 Å². The number of nitrogens with one attached hydrogen (secondary N) is 1. The van der Waals surface area contributed by atoms with E-state index in [0.29, 0.717) is 15.2 Å². The molecule has 1 N–H and O–H groups in total. The Kier molecular flexibility index (Phi) is 5.46. The number of rotatable bonds is 4. The predicted molar refractivity (Wildman–Crippen MR) is 105 cm³/mol. The average molecular weight is 505 g/mol. The van der Waals surface area contributed by atoms with Gasteiger partial charge in [-0.15, -0.1) is 22.7 Å². The minimum atomic E-state index is -3.92. The number of halogens is 4. The van der Waals surface area contributed by atoms with Crippen LogP contribution in [0.3, 0.4) is 0 Å². The number of nitrogens with zero attached hydrogens (tertiary/aromatic N) is 1. The second kappa shape index (κ2) is 7.11. The summed E-state index contributed by atoms with van der Waals surface area (Å²) in [5.74, 6) is 0. The van der Waals surface area contributed by atoms with Gasteiger partial charge >= 0.3 is 0 Å². The molecule has 4 nitrogen and oxygen atoms in total. The first-order chi connectivity index (χ1) is 11.3. The number of thiazole rings is 1. The Morgan fingerprint density at radius 2 is 1.83 bits per heavy atom. The monoisotopic (exact) mass is 502 g/mol. The van der Waals surface area contributed by atoms with Gasteiger partial charge in [0.1, 0.15) is 4.90 Å². The molecule has 0 saturated carbocycles. The second-order valence-corrected chi connectivity index (χ2v) is 9.94. The van der Waals surface area contributed by atoms with Crippen LogP contribution in [-0.2, 0) is 10.0 Å². The molecule has 2 aromatic heterocycles. The van der Waals surface area contributed by atoms with Crippen LogP contribution in [0.1, 0.15) is 0 Å². The summed E-state index contributed by atoms with van der Waals surface area (Å²) in [7, 11) is -3.92. The molecule has 2 heterocycles. The third-order valence-corrected chi connectivity index (χ3v) is 8.09. The third-order valence-electron chi connectivity index (χ3n) is 2.84. The molecule has 0 fully saturated rings. The largest absolute Gasteiger partial charge is 0.265 e. The van der Waals surface area contributed by atoms with Gasteiger partial charge in [-0.2, -0.15) is 0 Å². The Labute approximate surface area is 169 Å². The molecule has 0 radical (unpaired) electrons. The number of hydrogen-bond donors (Lipinski definition) is 1. The molecule has 1 aromatic carbocycles. The predicted octanol–water partition coefficient (Wildman–Crippen LogP) is 6.40. The average Bonchev–Trinajstić information content (AvgIpc) is 3.11. The van der Waals surface area contributed by atoms with E-state index in [2.05, 4.69) is 25.6 Å². The molecular formula is C13H6BrCl3N2O2S3. The summed E-state index contributed by atoms with van der Waals surface area (Å²) in [6, 6.07) is 4.46. The Morgan fingerprint density at radius 1 is 1.08 bits per heavy atom. The summed E-state index contributed by atoms with van der Waals surface area (Å²) in [4.78, 5) is 4.92. The molecule has 0 aliphatic carbocycles. The Balaban J connectivity index is 1.92. The zero-order valence-electron chi connectivity index (χ0n) is 11.4. The minimum Gasteiger partial charge on any atom is -0.255 e. The molecule has 11 heteroatoms. The molecule has 0 aliphatic rings. The normalized spacial score (nSPS) is 11.7. The fourth-order valence-electron chi connectivity index (χ4n) is 1.78. The summed E-state index contributed by atoms with van der Waals surface area (Å²) < 4.78 is 28.0. The molecule has 0 aliphatic heterocycles. The van der Waals surface area contributed by atoms with Gasteiger partial charge in [-0.25, -0.2) is 13.4 Å². The summed E-state index contributed by atoms with van der Waals surface area (Å²) in [5.41, 5.74) is 0.609. The number of aromatic nitrogens is 1. The molecule has 0 saturated heterocycles. The molecule has 126 valence electrons. The van der Waals surface area contributed by atoms with Crippen LogP contribution >= 0.6 is 73.4 Å². The van der Waals surface area contributed by atoms with Crippen molar-refractivity contribution in [2.75, 3.05) is 4.72 Å². The van der Waals surface area contributed by atoms with Crippen molar-refractivity contribution in [3.05, 3.63) is 48.5 Å². The lowest BCUT2D eigenvalue weighted by Gasteiger charge is -2.08. The zero-order valence-corrected chi connectivity index (χ0v) is 17.7. The van der Waals surface area contributed by atoms with Gasteiger partial charge in [0.05, 0.1) is 25.6 Å². The first kappa shape index (κ1) is 18.4. The highest BCUT2D eigenvalue weighted by Gasteiger charge is 2.22. The van der Waals surface area contributed by atoms with Crippen LogP contribution < -0.4 is 4.72 Å². The smallest absolute Gasteiger partial charge is 0.255 e. The fraction of sp³-hybridized carbons (Fsp3) is 0. The van der Waals surface area contributed by atoms with Gasteiger partial charge < -0.3 is 0 Å². The lowest BCUT2D eigenvalue weighted by molar-refractivity contribution is 0.601. The van der Waals surface area contributed by atoms with Gasteiger partial charge in [0.15, 0.2) is 5.13 Å². The van der Waals surface area contributed by atoms with Crippen molar-refractivity contribution < 1.29 is 8.42 Å². The highest BCUT2D eigenvalue weighted by molar-refractivity contribution is 9.10. The third kappa shape index (κ3) is 3.75. The highest BCUT2D eigenvalue weighted by atomic mass is 79.9. The van der Waals surface area contributed by atoms with Crippen molar-refractivity contribution in [2.24, 2.45) is 0 Å². The topological polar surface area (TPSA) is 59.1 Å². The molecule has 0 unspecified atom stereocenters. The summed E-state index contributed by atoms with van der Waals surface area (Å²) in [5, 5.41) is 4.64. The van der Waals surface area contributed by atoms with Crippen molar-refractivity contribution in [3.8, 4) is 10.6 Å². The maximum atomic E-state index is 12.5. The Bertz CT molecular complexity index is 1020. The summed E-state index contributed by atoms with van der Waals surface area (Å²) in [6.45, 7) is 0. The molecule has 0 amide bonds. The van der Waals surface area contributed by atoms with Gasteiger partial charge in [0.25, 0.3) is 10.0 Å². The van der Waals surface area contributed by atoms with Gasteiger partial charge in [0, 0.05) is 9.85 Å². The van der Waals surface area contributed by atoms with Crippen molar-refractivity contribution >= 4 is 88.6 Å². The van der Waals surface area contributed by atoms with Crippen LogP contribution in [-0.4, -0.2) is 13.4 Å². The number of hydrogen-bond acceptors (Lipinski definition) is 5. The fourth-order valence-corrected chi connectivity index (χ4v) is 6.18. The summed E-state index contributed by atoms with van der Waals surface area (Å²) >= 11 is 23.8. The van der Waals surface area contributed by atoms with E-state index in [0.717, 1.165) is 16.2 Å². The molecule has 3 rings (SSSR count). The number of thiophene rings is 1. The molecule has 24 heavy (non-hydrogen) atoms. The van der Waals surface area contributed by atoms with Gasteiger partial charge in [-0.1, -0.05) is 34.8 Å². The van der Waals surface area contributed by atoms with Gasteiger partial charge in [0.2, 0.25) is 0 Å². The molecule has 0 atom stereocenters. The van der Waals surface area contributed by atoms with Gasteiger partial charge in [-0.3, -0.25) is 4.72 Å². The number of benzene rings is 1. The Morgan fingerprint density at radius 3 is 2.50 bits per heavy atom. The van der Waals surface area contributed by atoms with Crippen LogP contribution in [0.4, 0.5) is 5.13 Å². The lowest BCUT2D eigenvalue weighted by Crippen LogP contribution is -2.13. The van der Waals surface area contributed by atoms with Crippen molar-refractivity contribution in [1.29, 1.82) is 0 Å². The standard InChI is InChI=1S/C13H6BrCl3N2O2S3/c14-6-3-9(17)11(4-8(6)16)24(20,21)19-13-18-10(5-23-13)12-7(15)1-2-22-12/h1-5H,(H,18,19). The Hall–Kier alpha value is -0.350. The van der Waals surface area contributed by atoms with Crippen molar-refractivity contribution in [1.82, 2.24) is 4.98 Å². The maximum absolute atomic E-state index is 12.5. The first-order valence-electron chi connectivity index (χ1n) is 6.14. The maximum Gasteiger partial charge on any atom is 0.265 e.